The molecule has 0 saturated heterocycles. The Balaban J connectivity index is 1.92. The van der Waals surface area contributed by atoms with Gasteiger partial charge in [-0.15, -0.1) is 0 Å². The van der Waals surface area contributed by atoms with Crippen LogP contribution in [0, 0.1) is 5.92 Å². The highest BCUT2D eigenvalue weighted by Gasteiger charge is 2.20. The Morgan fingerprint density at radius 3 is 2.32 bits per heavy atom. The van der Waals surface area contributed by atoms with Crippen LogP contribution in [0.4, 0.5) is 5.69 Å². The molecule has 0 heterocycles. The van der Waals surface area contributed by atoms with Gasteiger partial charge in [0.25, 0.3) is 5.91 Å². The summed E-state index contributed by atoms with van der Waals surface area (Å²) in [4.78, 5) is 12.1. The fourth-order valence-electron chi connectivity index (χ4n) is 2.85. The van der Waals surface area contributed by atoms with Gasteiger partial charge >= 0.3 is 0 Å². The molecule has 2 rings (SSSR count). The van der Waals surface area contributed by atoms with Crippen LogP contribution >= 0.6 is 0 Å². The number of nitrogens with one attached hydrogen (secondary N) is 1. The van der Waals surface area contributed by atoms with Crippen LogP contribution in [0.5, 0.6) is 0 Å². The van der Waals surface area contributed by atoms with Crippen LogP contribution in [0.1, 0.15) is 55.8 Å². The molecule has 1 saturated carbocycles. The first-order chi connectivity index (χ1) is 9.16. The Morgan fingerprint density at radius 1 is 1.16 bits per heavy atom. The van der Waals surface area contributed by atoms with Gasteiger partial charge in [-0.3, -0.25) is 4.79 Å². The third-order valence-corrected chi connectivity index (χ3v) is 4.14. The van der Waals surface area contributed by atoms with E-state index in [1.807, 2.05) is 0 Å². The number of hydrogen-bond acceptors (Lipinski definition) is 2. The molecule has 1 aliphatic carbocycles. The van der Waals surface area contributed by atoms with Gasteiger partial charge in [0.2, 0.25) is 0 Å². The van der Waals surface area contributed by atoms with Gasteiger partial charge < -0.3 is 11.1 Å². The molecule has 1 amide bonds. The second kappa shape index (κ2) is 6.60. The monoisotopic (exact) mass is 260 g/mol. The normalized spacial score (nSPS) is 18.6. The van der Waals surface area contributed by atoms with E-state index in [0.29, 0.717) is 17.2 Å². The molecule has 104 valence electrons. The van der Waals surface area contributed by atoms with Crippen LogP contribution < -0.4 is 11.1 Å². The predicted molar refractivity (Wildman–Crippen MR) is 79.0 cm³/mol. The third kappa shape index (κ3) is 3.98. The number of rotatable bonds is 3. The highest BCUT2D eigenvalue weighted by Crippen LogP contribution is 2.25. The number of amides is 1. The Labute approximate surface area is 115 Å². The van der Waals surface area contributed by atoms with Gasteiger partial charge in [0, 0.05) is 17.3 Å². The summed E-state index contributed by atoms with van der Waals surface area (Å²) < 4.78 is 0. The number of nitrogens with two attached hydrogens (primary N) is 1. The van der Waals surface area contributed by atoms with Crippen LogP contribution in [-0.4, -0.2) is 11.9 Å². The van der Waals surface area contributed by atoms with Crippen molar-refractivity contribution in [3.8, 4) is 0 Å². The Hall–Kier alpha value is -1.51. The number of benzene rings is 1. The fourth-order valence-corrected chi connectivity index (χ4v) is 2.85. The van der Waals surface area contributed by atoms with Crippen molar-refractivity contribution in [1.29, 1.82) is 0 Å². The van der Waals surface area contributed by atoms with E-state index >= 15 is 0 Å². The standard InChI is InChI=1S/C16H24N2O/c1-12(13-6-4-2-3-5-7-13)18-16(19)14-8-10-15(17)11-9-14/h8-13H,2-7,17H2,1H3,(H,18,19)/t12-/m1/s1. The van der Waals surface area contributed by atoms with Crippen molar-refractivity contribution in [2.75, 3.05) is 5.73 Å². The molecule has 19 heavy (non-hydrogen) atoms. The Morgan fingerprint density at radius 2 is 1.74 bits per heavy atom. The molecule has 1 atom stereocenters. The number of anilines is 1. The van der Waals surface area contributed by atoms with E-state index < -0.39 is 0 Å². The summed E-state index contributed by atoms with van der Waals surface area (Å²) in [5.74, 6) is 0.636. The Kier molecular flexibility index (Phi) is 4.83. The van der Waals surface area contributed by atoms with E-state index in [0.717, 1.165) is 0 Å². The van der Waals surface area contributed by atoms with E-state index in [4.69, 9.17) is 5.73 Å². The number of carbonyl (C=O) groups is 1. The maximum Gasteiger partial charge on any atom is 0.251 e. The zero-order chi connectivity index (χ0) is 13.7. The third-order valence-electron chi connectivity index (χ3n) is 4.14. The van der Waals surface area contributed by atoms with Crippen molar-refractivity contribution < 1.29 is 4.79 Å². The molecule has 1 fully saturated rings. The molecule has 0 unspecified atom stereocenters. The van der Waals surface area contributed by atoms with E-state index in [9.17, 15) is 4.79 Å². The van der Waals surface area contributed by atoms with Crippen LogP contribution in [0.2, 0.25) is 0 Å². The molecule has 3 heteroatoms. The lowest BCUT2D eigenvalue weighted by molar-refractivity contribution is 0.0924. The molecule has 0 aliphatic heterocycles. The highest BCUT2D eigenvalue weighted by atomic mass is 16.1. The number of nitrogen functional groups attached to an aromatic ring is 1. The molecule has 1 aromatic rings. The minimum atomic E-state index is 0.0109. The number of hydrogen-bond donors (Lipinski definition) is 2. The molecule has 1 aliphatic rings. The van der Waals surface area contributed by atoms with Gasteiger partial charge in [-0.05, 0) is 49.9 Å². The van der Waals surface area contributed by atoms with Gasteiger partial charge in [-0.1, -0.05) is 25.7 Å². The molecular weight excluding hydrogens is 236 g/mol. The second-order valence-electron chi connectivity index (χ2n) is 5.64. The quantitative estimate of drug-likeness (QED) is 0.647. The first-order valence-corrected chi connectivity index (χ1v) is 7.33. The maximum atomic E-state index is 12.1. The minimum Gasteiger partial charge on any atom is -0.399 e. The SMILES string of the molecule is C[C@@H](NC(=O)c1ccc(N)cc1)C1CCCCCC1. The van der Waals surface area contributed by atoms with E-state index in [-0.39, 0.29) is 11.9 Å². The second-order valence-corrected chi connectivity index (χ2v) is 5.64. The molecule has 1 aromatic carbocycles. The molecule has 0 spiro atoms. The van der Waals surface area contributed by atoms with Gasteiger partial charge in [0.15, 0.2) is 0 Å². The summed E-state index contributed by atoms with van der Waals surface area (Å²) in [7, 11) is 0. The predicted octanol–water partition coefficient (Wildman–Crippen LogP) is 3.36. The van der Waals surface area contributed by atoms with Crippen molar-refractivity contribution in [2.24, 2.45) is 5.92 Å². The lowest BCUT2D eigenvalue weighted by atomic mass is 9.93. The molecule has 0 bridgehead atoms. The lowest BCUT2D eigenvalue weighted by Gasteiger charge is -2.23. The average Bonchev–Trinajstić information content (AvgIpc) is 2.68. The zero-order valence-electron chi connectivity index (χ0n) is 11.7. The van der Waals surface area contributed by atoms with E-state index in [2.05, 4.69) is 12.2 Å². The fraction of sp³-hybridized carbons (Fsp3) is 0.562. The molecule has 0 radical (unpaired) electrons. The van der Waals surface area contributed by atoms with Crippen LogP contribution in [-0.2, 0) is 0 Å². The lowest BCUT2D eigenvalue weighted by Crippen LogP contribution is -2.38. The smallest absolute Gasteiger partial charge is 0.251 e. The summed E-state index contributed by atoms with van der Waals surface area (Å²) in [6, 6.07) is 7.36. The van der Waals surface area contributed by atoms with Crippen molar-refractivity contribution in [3.63, 3.8) is 0 Å². The van der Waals surface area contributed by atoms with Crippen molar-refractivity contribution >= 4 is 11.6 Å². The summed E-state index contributed by atoms with van der Waals surface area (Å²) in [6.07, 6.45) is 7.76. The maximum absolute atomic E-state index is 12.1. The van der Waals surface area contributed by atoms with Crippen molar-refractivity contribution in [1.82, 2.24) is 5.32 Å². The van der Waals surface area contributed by atoms with Crippen LogP contribution in [0.25, 0.3) is 0 Å². The first kappa shape index (κ1) is 13.9. The van der Waals surface area contributed by atoms with Gasteiger partial charge in [-0.25, -0.2) is 0 Å². The summed E-state index contributed by atoms with van der Waals surface area (Å²) >= 11 is 0. The van der Waals surface area contributed by atoms with Gasteiger partial charge in [-0.2, -0.15) is 0 Å². The Bertz CT molecular complexity index is 405. The average molecular weight is 260 g/mol. The molecule has 3 N–H and O–H groups in total. The molecule has 0 aromatic heterocycles. The topological polar surface area (TPSA) is 55.1 Å². The first-order valence-electron chi connectivity index (χ1n) is 7.33. The zero-order valence-corrected chi connectivity index (χ0v) is 11.7. The molecule has 3 nitrogen and oxygen atoms in total. The summed E-state index contributed by atoms with van der Waals surface area (Å²) in [5, 5.41) is 3.13. The van der Waals surface area contributed by atoms with Crippen LogP contribution in [0.15, 0.2) is 24.3 Å². The van der Waals surface area contributed by atoms with Crippen molar-refractivity contribution in [2.45, 2.75) is 51.5 Å². The van der Waals surface area contributed by atoms with Crippen LogP contribution in [0.3, 0.4) is 0 Å². The van der Waals surface area contributed by atoms with Gasteiger partial charge in [0.1, 0.15) is 0 Å². The summed E-state index contributed by atoms with van der Waals surface area (Å²) in [5.41, 5.74) is 7.01. The summed E-state index contributed by atoms with van der Waals surface area (Å²) in [6.45, 7) is 2.13. The highest BCUT2D eigenvalue weighted by molar-refractivity contribution is 5.94. The number of carbonyl (C=O) groups excluding carboxylic acids is 1. The largest absolute Gasteiger partial charge is 0.399 e. The minimum absolute atomic E-state index is 0.0109. The van der Waals surface area contributed by atoms with E-state index in [1.54, 1.807) is 24.3 Å². The van der Waals surface area contributed by atoms with Crippen molar-refractivity contribution in [3.05, 3.63) is 29.8 Å². The van der Waals surface area contributed by atoms with Gasteiger partial charge in [0.05, 0.1) is 0 Å². The molecular formula is C16H24N2O. The van der Waals surface area contributed by atoms with E-state index in [1.165, 1.54) is 38.5 Å².